The van der Waals surface area contributed by atoms with Gasteiger partial charge in [0.2, 0.25) is 0 Å². The van der Waals surface area contributed by atoms with Crippen molar-refractivity contribution in [2.75, 3.05) is 31.2 Å². The van der Waals surface area contributed by atoms with Gasteiger partial charge in [0.1, 0.15) is 0 Å². The molecule has 1 aromatic carbocycles. The molecule has 0 aliphatic carbocycles. The zero-order valence-corrected chi connectivity index (χ0v) is 13.2. The Balaban J connectivity index is 1.99. The van der Waals surface area contributed by atoms with Gasteiger partial charge in [0, 0.05) is 30.5 Å². The molecular formula is C16H17ClN4O2. The second-order valence-corrected chi connectivity index (χ2v) is 5.46. The largest absolute Gasteiger partial charge is 0.395 e. The number of benzene rings is 1. The van der Waals surface area contributed by atoms with Gasteiger partial charge in [-0.3, -0.25) is 4.40 Å². The predicted octanol–water partition coefficient (Wildman–Crippen LogP) is 1.84. The topological polar surface area (TPSA) is 73.9 Å². The molecule has 23 heavy (non-hydrogen) atoms. The van der Waals surface area contributed by atoms with E-state index >= 15 is 0 Å². The summed E-state index contributed by atoms with van der Waals surface area (Å²) in [6, 6.07) is 11.3. The lowest BCUT2D eigenvalue weighted by Gasteiger charge is -2.23. The maximum Gasteiger partial charge on any atom is 0.169 e. The van der Waals surface area contributed by atoms with Crippen LogP contribution in [-0.2, 0) is 0 Å². The van der Waals surface area contributed by atoms with E-state index in [1.807, 2.05) is 51.9 Å². The van der Waals surface area contributed by atoms with Crippen LogP contribution in [0.1, 0.15) is 0 Å². The fourth-order valence-electron chi connectivity index (χ4n) is 2.52. The van der Waals surface area contributed by atoms with Gasteiger partial charge in [-0.25, -0.2) is 0 Å². The van der Waals surface area contributed by atoms with E-state index in [4.69, 9.17) is 21.8 Å². The molecule has 0 aliphatic rings. The molecule has 0 saturated heterocycles. The van der Waals surface area contributed by atoms with Crippen molar-refractivity contribution in [1.82, 2.24) is 14.6 Å². The van der Waals surface area contributed by atoms with E-state index in [9.17, 15) is 0 Å². The van der Waals surface area contributed by atoms with E-state index in [-0.39, 0.29) is 13.2 Å². The molecule has 0 unspecified atom stereocenters. The molecule has 3 rings (SSSR count). The van der Waals surface area contributed by atoms with E-state index < -0.39 is 0 Å². The van der Waals surface area contributed by atoms with E-state index in [0.29, 0.717) is 23.9 Å². The standard InChI is InChI=1S/C16H17ClN4O2/c17-14-11-12(20(7-9-22)8-10-23)4-5-13(14)16-19-18-15-3-1-2-6-21(15)16/h1-6,11,22-23H,7-10H2. The Morgan fingerprint density at radius 3 is 2.52 bits per heavy atom. The van der Waals surface area contributed by atoms with E-state index in [1.165, 1.54) is 0 Å². The number of aliphatic hydroxyl groups is 2. The molecule has 0 atom stereocenters. The number of nitrogens with zero attached hydrogens (tertiary/aromatic N) is 4. The number of hydrogen-bond acceptors (Lipinski definition) is 5. The molecule has 0 saturated carbocycles. The van der Waals surface area contributed by atoms with Crippen LogP contribution in [0.4, 0.5) is 5.69 Å². The van der Waals surface area contributed by atoms with Crippen LogP contribution in [0.15, 0.2) is 42.6 Å². The molecule has 120 valence electrons. The summed E-state index contributed by atoms with van der Waals surface area (Å²) in [5, 5.41) is 27.2. The molecule has 3 aromatic rings. The Bertz CT molecular complexity index is 800. The van der Waals surface area contributed by atoms with Crippen molar-refractivity contribution < 1.29 is 10.2 Å². The van der Waals surface area contributed by atoms with Crippen LogP contribution < -0.4 is 4.90 Å². The lowest BCUT2D eigenvalue weighted by molar-refractivity contribution is 0.281. The van der Waals surface area contributed by atoms with E-state index in [0.717, 1.165) is 16.9 Å². The van der Waals surface area contributed by atoms with Gasteiger partial charge < -0.3 is 15.1 Å². The van der Waals surface area contributed by atoms with Crippen molar-refractivity contribution in [3.63, 3.8) is 0 Å². The third kappa shape index (κ3) is 3.14. The second-order valence-electron chi connectivity index (χ2n) is 5.05. The average Bonchev–Trinajstić information content (AvgIpc) is 2.98. The molecule has 2 N–H and O–H groups in total. The molecule has 7 heteroatoms. The van der Waals surface area contributed by atoms with Crippen molar-refractivity contribution in [2.24, 2.45) is 0 Å². The summed E-state index contributed by atoms with van der Waals surface area (Å²) in [6.07, 6.45) is 1.89. The van der Waals surface area contributed by atoms with Crippen molar-refractivity contribution in [3.8, 4) is 11.4 Å². The number of anilines is 1. The maximum atomic E-state index is 9.14. The third-order valence-corrected chi connectivity index (χ3v) is 3.92. The zero-order chi connectivity index (χ0) is 16.2. The summed E-state index contributed by atoms with van der Waals surface area (Å²) in [5.41, 5.74) is 2.38. The van der Waals surface area contributed by atoms with E-state index in [2.05, 4.69) is 10.2 Å². The van der Waals surface area contributed by atoms with Crippen molar-refractivity contribution in [3.05, 3.63) is 47.6 Å². The minimum absolute atomic E-state index is 0.00812. The molecule has 0 fully saturated rings. The zero-order valence-electron chi connectivity index (χ0n) is 12.4. The van der Waals surface area contributed by atoms with Crippen molar-refractivity contribution in [2.45, 2.75) is 0 Å². The highest BCUT2D eigenvalue weighted by Crippen LogP contribution is 2.30. The Morgan fingerprint density at radius 2 is 1.83 bits per heavy atom. The number of aliphatic hydroxyl groups excluding tert-OH is 2. The lowest BCUT2D eigenvalue weighted by Crippen LogP contribution is -2.29. The highest BCUT2D eigenvalue weighted by atomic mass is 35.5. The van der Waals surface area contributed by atoms with Crippen LogP contribution in [-0.4, -0.2) is 51.1 Å². The van der Waals surface area contributed by atoms with Crippen LogP contribution >= 0.6 is 11.6 Å². The third-order valence-electron chi connectivity index (χ3n) is 3.61. The summed E-state index contributed by atoms with van der Waals surface area (Å²) >= 11 is 6.43. The number of fused-ring (bicyclic) bond motifs is 1. The summed E-state index contributed by atoms with van der Waals surface area (Å²) in [6.45, 7) is 0.885. The molecule has 2 heterocycles. The predicted molar refractivity (Wildman–Crippen MR) is 89.8 cm³/mol. The number of pyridine rings is 1. The Morgan fingerprint density at radius 1 is 1.04 bits per heavy atom. The first kappa shape index (κ1) is 15.7. The molecule has 6 nitrogen and oxygen atoms in total. The number of halogens is 1. The quantitative estimate of drug-likeness (QED) is 0.720. The van der Waals surface area contributed by atoms with Gasteiger partial charge in [-0.05, 0) is 30.3 Å². The molecule has 2 aromatic heterocycles. The summed E-state index contributed by atoms with van der Waals surface area (Å²) in [4.78, 5) is 1.87. The first-order chi connectivity index (χ1) is 11.2. The molecule has 0 spiro atoms. The smallest absolute Gasteiger partial charge is 0.169 e. The van der Waals surface area contributed by atoms with Gasteiger partial charge in [-0.15, -0.1) is 10.2 Å². The van der Waals surface area contributed by atoms with Gasteiger partial charge in [-0.2, -0.15) is 0 Å². The summed E-state index contributed by atoms with van der Waals surface area (Å²) in [5.74, 6) is 0.674. The monoisotopic (exact) mass is 332 g/mol. The second kappa shape index (κ2) is 6.95. The molecule has 0 amide bonds. The number of rotatable bonds is 6. The van der Waals surface area contributed by atoms with Crippen LogP contribution in [0.2, 0.25) is 5.02 Å². The SMILES string of the molecule is OCCN(CCO)c1ccc(-c2nnc3ccccn23)c(Cl)c1. The van der Waals surface area contributed by atoms with Gasteiger partial charge in [0.05, 0.1) is 18.2 Å². The van der Waals surface area contributed by atoms with Crippen LogP contribution in [0.5, 0.6) is 0 Å². The summed E-state index contributed by atoms with van der Waals surface area (Å²) in [7, 11) is 0. The van der Waals surface area contributed by atoms with Gasteiger partial charge in [-0.1, -0.05) is 17.7 Å². The van der Waals surface area contributed by atoms with Gasteiger partial charge in [0.25, 0.3) is 0 Å². The first-order valence-electron chi connectivity index (χ1n) is 7.31. The van der Waals surface area contributed by atoms with Gasteiger partial charge in [0.15, 0.2) is 11.5 Å². The number of hydrogen-bond donors (Lipinski definition) is 2. The molecule has 0 radical (unpaired) electrons. The highest BCUT2D eigenvalue weighted by molar-refractivity contribution is 6.33. The van der Waals surface area contributed by atoms with Crippen molar-refractivity contribution in [1.29, 1.82) is 0 Å². The lowest BCUT2D eigenvalue weighted by atomic mass is 10.1. The maximum absolute atomic E-state index is 9.14. The Kier molecular flexibility index (Phi) is 4.76. The fraction of sp³-hybridized carbons (Fsp3) is 0.250. The first-order valence-corrected chi connectivity index (χ1v) is 7.68. The van der Waals surface area contributed by atoms with Crippen molar-refractivity contribution >= 4 is 22.9 Å². The van der Waals surface area contributed by atoms with E-state index in [1.54, 1.807) is 0 Å². The Hall–Kier alpha value is -2.15. The van der Waals surface area contributed by atoms with Crippen LogP contribution in [0.3, 0.4) is 0 Å². The number of aromatic nitrogens is 3. The normalized spacial score (nSPS) is 11.1. The Labute approximate surface area is 138 Å². The molecule has 0 aliphatic heterocycles. The summed E-state index contributed by atoms with van der Waals surface area (Å²) < 4.78 is 1.88. The van der Waals surface area contributed by atoms with Crippen LogP contribution in [0, 0.1) is 0 Å². The van der Waals surface area contributed by atoms with Crippen LogP contribution in [0.25, 0.3) is 17.0 Å². The highest BCUT2D eigenvalue weighted by Gasteiger charge is 2.13. The minimum atomic E-state index is 0.00812. The molecule has 0 bridgehead atoms. The average molecular weight is 333 g/mol. The molecular weight excluding hydrogens is 316 g/mol. The fourth-order valence-corrected chi connectivity index (χ4v) is 2.78. The minimum Gasteiger partial charge on any atom is -0.395 e. The van der Waals surface area contributed by atoms with Gasteiger partial charge >= 0.3 is 0 Å².